The molecule has 0 spiro atoms. The molecule has 1 heterocycles. The normalized spacial score (nSPS) is 17.1. The molecule has 1 amide bonds. The molecule has 1 aromatic heterocycles. The van der Waals surface area contributed by atoms with E-state index in [0.717, 1.165) is 24.1 Å². The molecule has 0 atom stereocenters. The molecule has 0 saturated heterocycles. The summed E-state index contributed by atoms with van der Waals surface area (Å²) in [4.78, 5) is 14.3. The first-order chi connectivity index (χ1) is 8.09. The Hall–Kier alpha value is -1.32. The molecule has 0 radical (unpaired) electrons. The van der Waals surface area contributed by atoms with Crippen LogP contribution < -0.4 is 0 Å². The predicted molar refractivity (Wildman–Crippen MR) is 66.9 cm³/mol. The minimum atomic E-state index is 0.113. The lowest BCUT2D eigenvalue weighted by Gasteiger charge is -2.31. The van der Waals surface area contributed by atoms with Crippen molar-refractivity contribution in [2.24, 2.45) is 7.05 Å². The van der Waals surface area contributed by atoms with Crippen molar-refractivity contribution in [3.63, 3.8) is 0 Å². The van der Waals surface area contributed by atoms with E-state index in [1.165, 1.54) is 19.3 Å². The monoisotopic (exact) mass is 235 g/mol. The van der Waals surface area contributed by atoms with Crippen LogP contribution in [0.25, 0.3) is 0 Å². The zero-order valence-corrected chi connectivity index (χ0v) is 10.9. The van der Waals surface area contributed by atoms with Crippen LogP contribution in [-0.2, 0) is 7.05 Å². The van der Waals surface area contributed by atoms with Crippen molar-refractivity contribution in [2.45, 2.75) is 45.1 Å². The van der Waals surface area contributed by atoms with E-state index in [0.29, 0.717) is 6.04 Å². The highest BCUT2D eigenvalue weighted by Crippen LogP contribution is 2.23. The maximum absolute atomic E-state index is 12.4. The van der Waals surface area contributed by atoms with Crippen LogP contribution in [0.3, 0.4) is 0 Å². The molecule has 1 saturated carbocycles. The number of aromatic nitrogens is 2. The van der Waals surface area contributed by atoms with Crippen molar-refractivity contribution in [1.29, 1.82) is 0 Å². The number of carbonyl (C=O) groups excluding carboxylic acids is 1. The fourth-order valence-electron chi connectivity index (χ4n) is 2.63. The van der Waals surface area contributed by atoms with Gasteiger partial charge in [-0.1, -0.05) is 19.3 Å². The van der Waals surface area contributed by atoms with Crippen molar-refractivity contribution in [3.8, 4) is 0 Å². The molecule has 0 aliphatic heterocycles. The van der Waals surface area contributed by atoms with E-state index in [-0.39, 0.29) is 5.91 Å². The molecule has 1 fully saturated rings. The number of amides is 1. The molecule has 94 valence electrons. The van der Waals surface area contributed by atoms with E-state index >= 15 is 0 Å². The van der Waals surface area contributed by atoms with Crippen LogP contribution in [0.2, 0.25) is 0 Å². The van der Waals surface area contributed by atoms with Crippen molar-refractivity contribution >= 4 is 5.91 Å². The van der Waals surface area contributed by atoms with Gasteiger partial charge in [-0.15, -0.1) is 0 Å². The van der Waals surface area contributed by atoms with Crippen LogP contribution in [0.4, 0.5) is 0 Å². The first-order valence-electron chi connectivity index (χ1n) is 6.37. The third kappa shape index (κ3) is 2.51. The number of carbonyl (C=O) groups is 1. The SMILES string of the molecule is Cc1nn(C)cc1C(=O)N(C)C1CCCCC1. The molecule has 0 bridgehead atoms. The Labute approximate surface area is 103 Å². The van der Waals surface area contributed by atoms with Gasteiger partial charge in [0, 0.05) is 26.3 Å². The zero-order valence-electron chi connectivity index (χ0n) is 10.9. The van der Waals surface area contributed by atoms with E-state index in [1.54, 1.807) is 4.68 Å². The number of rotatable bonds is 2. The average molecular weight is 235 g/mol. The van der Waals surface area contributed by atoms with Gasteiger partial charge in [-0.05, 0) is 19.8 Å². The minimum absolute atomic E-state index is 0.113. The highest BCUT2D eigenvalue weighted by atomic mass is 16.2. The molecule has 4 nitrogen and oxygen atoms in total. The van der Waals surface area contributed by atoms with Crippen LogP contribution in [-0.4, -0.2) is 33.7 Å². The summed E-state index contributed by atoms with van der Waals surface area (Å²) in [6.07, 6.45) is 7.90. The van der Waals surface area contributed by atoms with Crippen LogP contribution in [0.5, 0.6) is 0 Å². The third-order valence-corrected chi connectivity index (χ3v) is 3.69. The highest BCUT2D eigenvalue weighted by molar-refractivity contribution is 5.95. The van der Waals surface area contributed by atoms with Crippen LogP contribution in [0.15, 0.2) is 6.20 Å². The zero-order chi connectivity index (χ0) is 12.4. The Morgan fingerprint density at radius 1 is 1.41 bits per heavy atom. The van der Waals surface area contributed by atoms with Gasteiger partial charge >= 0.3 is 0 Å². The average Bonchev–Trinajstić information content (AvgIpc) is 2.68. The molecule has 2 rings (SSSR count). The minimum Gasteiger partial charge on any atom is -0.339 e. The van der Waals surface area contributed by atoms with Crippen molar-refractivity contribution in [3.05, 3.63) is 17.5 Å². The number of nitrogens with zero attached hydrogens (tertiary/aromatic N) is 3. The fraction of sp³-hybridized carbons (Fsp3) is 0.692. The molecular weight excluding hydrogens is 214 g/mol. The van der Waals surface area contributed by atoms with E-state index in [9.17, 15) is 4.79 Å². The van der Waals surface area contributed by atoms with Crippen LogP contribution in [0, 0.1) is 6.92 Å². The summed E-state index contributed by atoms with van der Waals surface area (Å²) < 4.78 is 1.71. The summed E-state index contributed by atoms with van der Waals surface area (Å²) in [5, 5.41) is 4.23. The standard InChI is InChI=1S/C13H21N3O/c1-10-12(9-15(2)14-10)13(17)16(3)11-7-5-4-6-8-11/h9,11H,4-8H2,1-3H3. The summed E-state index contributed by atoms with van der Waals surface area (Å²) in [7, 11) is 3.77. The molecule has 17 heavy (non-hydrogen) atoms. The lowest BCUT2D eigenvalue weighted by molar-refractivity contribution is 0.0695. The first kappa shape index (κ1) is 12.1. The summed E-state index contributed by atoms with van der Waals surface area (Å²) in [6.45, 7) is 1.89. The maximum Gasteiger partial charge on any atom is 0.257 e. The molecule has 0 unspecified atom stereocenters. The second kappa shape index (κ2) is 4.90. The van der Waals surface area contributed by atoms with Gasteiger partial charge in [0.05, 0.1) is 11.3 Å². The molecule has 0 aromatic carbocycles. The number of hydrogen-bond donors (Lipinski definition) is 0. The predicted octanol–water partition coefficient (Wildman–Crippen LogP) is 2.13. The molecule has 1 aromatic rings. The number of aryl methyl sites for hydroxylation is 2. The Balaban J connectivity index is 2.11. The number of hydrogen-bond acceptors (Lipinski definition) is 2. The lowest BCUT2D eigenvalue weighted by atomic mass is 9.94. The maximum atomic E-state index is 12.4. The van der Waals surface area contributed by atoms with Gasteiger partial charge in [-0.2, -0.15) is 5.10 Å². The molecule has 1 aliphatic carbocycles. The van der Waals surface area contributed by atoms with Crippen molar-refractivity contribution in [1.82, 2.24) is 14.7 Å². The van der Waals surface area contributed by atoms with Gasteiger partial charge in [0.2, 0.25) is 0 Å². The summed E-state index contributed by atoms with van der Waals surface area (Å²) in [5.74, 6) is 0.113. The molecule has 0 N–H and O–H groups in total. The van der Waals surface area contributed by atoms with Crippen LogP contribution >= 0.6 is 0 Å². The Kier molecular flexibility index (Phi) is 3.50. The van der Waals surface area contributed by atoms with E-state index < -0.39 is 0 Å². The summed E-state index contributed by atoms with van der Waals surface area (Å²) in [6, 6.07) is 0.413. The molecule has 4 heteroatoms. The Morgan fingerprint density at radius 2 is 2.06 bits per heavy atom. The van der Waals surface area contributed by atoms with Gasteiger partial charge in [0.1, 0.15) is 0 Å². The van der Waals surface area contributed by atoms with E-state index in [2.05, 4.69) is 5.10 Å². The van der Waals surface area contributed by atoms with E-state index in [4.69, 9.17) is 0 Å². The van der Waals surface area contributed by atoms with Gasteiger partial charge in [-0.25, -0.2) is 0 Å². The smallest absolute Gasteiger partial charge is 0.257 e. The fourth-order valence-corrected chi connectivity index (χ4v) is 2.63. The third-order valence-electron chi connectivity index (χ3n) is 3.69. The quantitative estimate of drug-likeness (QED) is 0.787. The first-order valence-corrected chi connectivity index (χ1v) is 6.37. The topological polar surface area (TPSA) is 38.1 Å². The van der Waals surface area contributed by atoms with Gasteiger partial charge in [-0.3, -0.25) is 9.48 Å². The second-order valence-corrected chi connectivity index (χ2v) is 5.01. The summed E-state index contributed by atoms with van der Waals surface area (Å²) in [5.41, 5.74) is 1.56. The second-order valence-electron chi connectivity index (χ2n) is 5.01. The van der Waals surface area contributed by atoms with Gasteiger partial charge < -0.3 is 4.90 Å². The van der Waals surface area contributed by atoms with Gasteiger partial charge in [0.25, 0.3) is 5.91 Å². The Bertz CT molecular complexity index is 405. The largest absolute Gasteiger partial charge is 0.339 e. The lowest BCUT2D eigenvalue weighted by Crippen LogP contribution is -2.38. The van der Waals surface area contributed by atoms with Crippen LogP contribution in [0.1, 0.15) is 48.2 Å². The van der Waals surface area contributed by atoms with Crippen molar-refractivity contribution < 1.29 is 4.79 Å². The highest BCUT2D eigenvalue weighted by Gasteiger charge is 2.24. The Morgan fingerprint density at radius 3 is 2.59 bits per heavy atom. The molecule has 1 aliphatic rings. The van der Waals surface area contributed by atoms with Crippen molar-refractivity contribution in [2.75, 3.05) is 7.05 Å². The van der Waals surface area contributed by atoms with E-state index in [1.807, 2.05) is 32.1 Å². The molecular formula is C13H21N3O. The van der Waals surface area contributed by atoms with Gasteiger partial charge in [0.15, 0.2) is 0 Å². The summed E-state index contributed by atoms with van der Waals surface area (Å²) >= 11 is 0.